The topological polar surface area (TPSA) is 117 Å². The number of fused-ring (bicyclic) bond motifs is 3. The number of carbonyl (C=O) groups is 3. The molecule has 5 rings (SSSR count). The molecule has 0 amide bonds. The van der Waals surface area contributed by atoms with Crippen LogP contribution in [0.25, 0.3) is 0 Å². The summed E-state index contributed by atoms with van der Waals surface area (Å²) in [6.45, 7) is 2.63. The molecule has 8 nitrogen and oxygen atoms in total. The van der Waals surface area contributed by atoms with Gasteiger partial charge in [-0.2, -0.15) is 0 Å². The largest absolute Gasteiger partial charge is 0.457 e. The van der Waals surface area contributed by atoms with Gasteiger partial charge in [0.2, 0.25) is 5.76 Å². The number of aliphatic hydroxyl groups excluding tert-OH is 1. The van der Waals surface area contributed by atoms with Crippen LogP contribution in [0.5, 0.6) is 0 Å². The van der Waals surface area contributed by atoms with Crippen molar-refractivity contribution in [2.45, 2.75) is 57.5 Å². The van der Waals surface area contributed by atoms with Gasteiger partial charge in [0.25, 0.3) is 0 Å². The van der Waals surface area contributed by atoms with E-state index >= 15 is 8.78 Å². The van der Waals surface area contributed by atoms with Crippen LogP contribution >= 0.6 is 11.6 Å². The van der Waals surface area contributed by atoms with Crippen molar-refractivity contribution in [3.63, 3.8) is 0 Å². The molecule has 11 heteroatoms. The summed E-state index contributed by atoms with van der Waals surface area (Å²) in [4.78, 5) is 38.2. The normalized spacial score (nSPS) is 33.6. The fourth-order valence-electron chi connectivity index (χ4n) is 7.47. The van der Waals surface area contributed by atoms with Crippen LogP contribution in [-0.4, -0.2) is 58.9 Å². The predicted octanol–water partition coefficient (Wildman–Crippen LogP) is 6.11. The van der Waals surface area contributed by atoms with E-state index in [1.54, 1.807) is 31.2 Å². The van der Waals surface area contributed by atoms with Gasteiger partial charge in [0.05, 0.1) is 18.1 Å². The molecule has 0 radical (unpaired) electrons. The van der Waals surface area contributed by atoms with E-state index in [-0.39, 0.29) is 43.6 Å². The molecule has 1 aromatic heterocycles. The Bertz CT molecular complexity index is 1440. The molecule has 2 N–H and O–H groups in total. The molecule has 2 aromatic rings. The summed E-state index contributed by atoms with van der Waals surface area (Å²) in [5, 5.41) is 24.1. The molecule has 3 aliphatic rings. The van der Waals surface area contributed by atoms with E-state index in [9.17, 15) is 24.7 Å². The Hall–Kier alpha value is -3.34. The van der Waals surface area contributed by atoms with Gasteiger partial charge in [0.1, 0.15) is 6.17 Å². The lowest BCUT2D eigenvalue weighted by Gasteiger charge is -2.56. The van der Waals surface area contributed by atoms with Crippen LogP contribution in [0.2, 0.25) is 5.02 Å². The molecule has 0 unspecified atom stereocenters. The number of ether oxygens (including phenoxy) is 1. The van der Waals surface area contributed by atoms with Crippen LogP contribution in [0.15, 0.2) is 70.9 Å². The van der Waals surface area contributed by atoms with Crippen molar-refractivity contribution in [2.24, 2.45) is 29.1 Å². The number of rotatable bonds is 7. The molecule has 2 fully saturated rings. The second-order valence-corrected chi connectivity index (χ2v) is 12.8. The zero-order valence-corrected chi connectivity index (χ0v) is 25.3. The molecular weight excluding hydrogens is 596 g/mol. The van der Waals surface area contributed by atoms with Crippen LogP contribution in [0.3, 0.4) is 0 Å². The number of furan rings is 1. The lowest BCUT2D eigenvalue weighted by Crippen LogP contribution is -2.63. The Kier molecular flexibility index (Phi) is 9.16. The van der Waals surface area contributed by atoms with Gasteiger partial charge in [0.15, 0.2) is 23.8 Å². The number of hydrogen-bond acceptors (Lipinski definition) is 8. The Morgan fingerprint density at radius 3 is 2.59 bits per heavy atom. The summed E-state index contributed by atoms with van der Waals surface area (Å²) in [6, 6.07) is 9.34. The quantitative estimate of drug-likeness (QED) is 0.278. The number of carbonyl (C=O) groups excluding carboxylic acids is 3. The standard InChI is InChI=1S/C33H36ClF2NO7/c1-19-14-20(17-37(42)22-7-5-21(34)6-8-22)24(28(39)18-44-31(41)29-4-3-13-43-29)9-10-30(40)33(36)25(19)16-27(35)26-15-23(38)11-12-32(26,33)2/h3-8,11-13,15,19-20,24-25,27,30,40,42H,9-10,14,16-18H2,1-2H3/t19-,20-,24+,25-,27-,30-,32-,33-/m0/s1. The number of anilines is 1. The van der Waals surface area contributed by atoms with Gasteiger partial charge in [-0.1, -0.05) is 24.6 Å². The number of benzene rings is 1. The lowest BCUT2D eigenvalue weighted by atomic mass is 9.51. The van der Waals surface area contributed by atoms with Gasteiger partial charge in [-0.05, 0) is 98.6 Å². The first kappa shape index (κ1) is 32.1. The van der Waals surface area contributed by atoms with E-state index in [0.717, 1.165) is 11.1 Å². The average Bonchev–Trinajstić information content (AvgIpc) is 3.54. The van der Waals surface area contributed by atoms with Crippen molar-refractivity contribution >= 4 is 34.8 Å². The molecular formula is C33H36ClF2NO7. The van der Waals surface area contributed by atoms with Crippen molar-refractivity contribution in [2.75, 3.05) is 18.2 Å². The number of esters is 1. The number of hydroxylamine groups is 1. The molecule has 236 valence electrons. The van der Waals surface area contributed by atoms with E-state index in [4.69, 9.17) is 20.8 Å². The molecule has 44 heavy (non-hydrogen) atoms. The average molecular weight is 632 g/mol. The van der Waals surface area contributed by atoms with E-state index in [0.29, 0.717) is 10.7 Å². The summed E-state index contributed by atoms with van der Waals surface area (Å²) in [5.74, 6) is -4.77. The maximum Gasteiger partial charge on any atom is 0.374 e. The number of aliphatic hydroxyl groups is 1. The molecule has 3 aliphatic carbocycles. The fourth-order valence-corrected chi connectivity index (χ4v) is 7.60. The second-order valence-electron chi connectivity index (χ2n) is 12.4. The third-order valence-electron chi connectivity index (χ3n) is 9.79. The highest BCUT2D eigenvalue weighted by molar-refractivity contribution is 6.30. The van der Waals surface area contributed by atoms with Gasteiger partial charge >= 0.3 is 5.97 Å². The number of alkyl halides is 2. The Labute approximate surface area is 259 Å². The van der Waals surface area contributed by atoms with Crippen LogP contribution in [0.1, 0.15) is 50.1 Å². The minimum atomic E-state index is -2.35. The molecule has 0 aliphatic heterocycles. The molecule has 0 bridgehead atoms. The van der Waals surface area contributed by atoms with Crippen LogP contribution in [0, 0.1) is 29.1 Å². The third-order valence-corrected chi connectivity index (χ3v) is 10.0. The second kappa shape index (κ2) is 12.6. The van der Waals surface area contributed by atoms with Gasteiger partial charge in [-0.3, -0.25) is 19.9 Å². The zero-order chi connectivity index (χ0) is 31.8. The van der Waals surface area contributed by atoms with E-state index < -0.39 is 71.2 Å². The van der Waals surface area contributed by atoms with Gasteiger partial charge < -0.3 is 14.3 Å². The zero-order valence-electron chi connectivity index (χ0n) is 24.5. The Morgan fingerprint density at radius 2 is 1.91 bits per heavy atom. The van der Waals surface area contributed by atoms with Crippen molar-refractivity contribution in [1.29, 1.82) is 0 Å². The summed E-state index contributed by atoms with van der Waals surface area (Å²) >= 11 is 6.01. The molecule has 2 saturated carbocycles. The first-order valence-corrected chi connectivity index (χ1v) is 15.1. The SMILES string of the molecule is C[C@H]1C[C@@H](CN(O)c2ccc(Cl)cc2)[C@H](C(=O)COC(=O)c2ccco2)CC[C@H](O)[C@@]2(F)[C@H]1C[C@H](F)C1=CC(=O)C=C[C@@]12C. The molecule has 0 spiro atoms. The van der Waals surface area contributed by atoms with E-state index in [2.05, 4.69) is 0 Å². The number of halogens is 3. The van der Waals surface area contributed by atoms with Crippen molar-refractivity contribution in [3.8, 4) is 0 Å². The van der Waals surface area contributed by atoms with Crippen molar-refractivity contribution < 1.29 is 42.6 Å². The van der Waals surface area contributed by atoms with Crippen molar-refractivity contribution in [1.82, 2.24) is 0 Å². The maximum atomic E-state index is 17.7. The highest BCUT2D eigenvalue weighted by Crippen LogP contribution is 2.60. The van der Waals surface area contributed by atoms with Crippen LogP contribution < -0.4 is 5.06 Å². The number of allylic oxidation sites excluding steroid dienone is 4. The first-order valence-electron chi connectivity index (χ1n) is 14.8. The fraction of sp³-hybridized carbons (Fsp3) is 0.485. The number of nitrogens with zero attached hydrogens (tertiary/aromatic N) is 1. The Balaban J connectivity index is 1.48. The number of ketones is 2. The van der Waals surface area contributed by atoms with E-state index in [1.807, 2.05) is 0 Å². The highest BCUT2D eigenvalue weighted by Gasteiger charge is 2.65. The summed E-state index contributed by atoms with van der Waals surface area (Å²) in [5.41, 5.74) is -3.51. The van der Waals surface area contributed by atoms with Gasteiger partial charge in [0, 0.05) is 28.8 Å². The molecule has 0 saturated heterocycles. The maximum absolute atomic E-state index is 17.7. The van der Waals surface area contributed by atoms with Crippen molar-refractivity contribution in [3.05, 3.63) is 77.2 Å². The monoisotopic (exact) mass is 631 g/mol. The Morgan fingerprint density at radius 1 is 1.18 bits per heavy atom. The van der Waals surface area contributed by atoms with E-state index in [1.165, 1.54) is 37.5 Å². The lowest BCUT2D eigenvalue weighted by molar-refractivity contribution is -0.144. The molecule has 1 heterocycles. The summed E-state index contributed by atoms with van der Waals surface area (Å²) < 4.78 is 43.7. The first-order chi connectivity index (χ1) is 20.8. The highest BCUT2D eigenvalue weighted by atomic mass is 35.5. The predicted molar refractivity (Wildman–Crippen MR) is 158 cm³/mol. The minimum absolute atomic E-state index is 0.00698. The summed E-state index contributed by atoms with van der Waals surface area (Å²) in [7, 11) is 0. The summed E-state index contributed by atoms with van der Waals surface area (Å²) in [6.07, 6.45) is 1.60. The van der Waals surface area contributed by atoms with Gasteiger partial charge in [-0.15, -0.1) is 0 Å². The third kappa shape index (κ3) is 5.87. The molecule has 8 atom stereocenters. The smallest absolute Gasteiger partial charge is 0.374 e. The minimum Gasteiger partial charge on any atom is -0.457 e. The number of hydrogen-bond donors (Lipinski definition) is 2. The van der Waals surface area contributed by atoms with Crippen LogP contribution in [0.4, 0.5) is 14.5 Å². The molecule has 1 aromatic carbocycles. The number of Topliss-reactive ketones (excluding diaryl/α,β-unsaturated/α-hetero) is 1. The van der Waals surface area contributed by atoms with Gasteiger partial charge in [-0.25, -0.2) is 13.6 Å². The van der Waals surface area contributed by atoms with Crippen LogP contribution in [-0.2, 0) is 14.3 Å².